The van der Waals surface area contributed by atoms with E-state index in [1.807, 2.05) is 22.6 Å². The fraction of sp³-hybridized carbons (Fsp3) is 0.133. The molecule has 7 heteroatoms. The van der Waals surface area contributed by atoms with E-state index in [9.17, 15) is 13.6 Å². The average molecular weight is 438 g/mol. The van der Waals surface area contributed by atoms with E-state index in [0.717, 1.165) is 0 Å². The van der Waals surface area contributed by atoms with Crippen molar-refractivity contribution in [3.05, 3.63) is 62.2 Å². The molecule has 2 rings (SSSR count). The molecule has 116 valence electrons. The Morgan fingerprint density at radius 3 is 2.68 bits per heavy atom. The molecule has 0 aliphatic rings. The average Bonchev–Trinajstić information content (AvgIpc) is 2.45. The van der Waals surface area contributed by atoms with Crippen LogP contribution in [0.4, 0.5) is 8.78 Å². The second-order valence-electron chi connectivity index (χ2n) is 4.29. The highest BCUT2D eigenvalue weighted by Crippen LogP contribution is 2.21. The third kappa shape index (κ3) is 4.54. The molecule has 0 spiro atoms. The van der Waals surface area contributed by atoms with Gasteiger partial charge in [0.05, 0.1) is 5.56 Å². The summed E-state index contributed by atoms with van der Waals surface area (Å²) >= 11 is 7.85. The molecule has 0 saturated carbocycles. The quantitative estimate of drug-likeness (QED) is 0.701. The van der Waals surface area contributed by atoms with Gasteiger partial charge in [-0.15, -0.1) is 0 Å². The van der Waals surface area contributed by atoms with Crippen molar-refractivity contribution in [1.82, 2.24) is 5.32 Å². The molecule has 0 aliphatic carbocycles. The van der Waals surface area contributed by atoms with Gasteiger partial charge in [0.2, 0.25) is 0 Å². The number of rotatable bonds is 5. The lowest BCUT2D eigenvalue weighted by Gasteiger charge is -2.12. The van der Waals surface area contributed by atoms with Crippen molar-refractivity contribution in [1.29, 1.82) is 0 Å². The Morgan fingerprint density at radius 1 is 1.27 bits per heavy atom. The monoisotopic (exact) mass is 437 g/mol. The first-order valence-electron chi connectivity index (χ1n) is 6.23. The number of alkyl halides is 2. The summed E-state index contributed by atoms with van der Waals surface area (Å²) in [6.07, 6.45) is 0. The molecule has 2 aromatic carbocycles. The van der Waals surface area contributed by atoms with Crippen LogP contribution in [0.2, 0.25) is 5.02 Å². The maximum Gasteiger partial charge on any atom is 0.387 e. The van der Waals surface area contributed by atoms with Crippen molar-refractivity contribution in [3.63, 3.8) is 0 Å². The van der Waals surface area contributed by atoms with E-state index in [1.54, 1.807) is 36.4 Å². The largest absolute Gasteiger partial charge is 0.434 e. The number of benzene rings is 2. The third-order valence-electron chi connectivity index (χ3n) is 2.80. The molecule has 3 nitrogen and oxygen atoms in total. The normalized spacial score (nSPS) is 10.6. The molecule has 0 aliphatic heterocycles. The maximum absolute atomic E-state index is 12.3. The van der Waals surface area contributed by atoms with Crippen molar-refractivity contribution >= 4 is 40.1 Å². The van der Waals surface area contributed by atoms with E-state index < -0.39 is 6.61 Å². The molecule has 1 N–H and O–H groups in total. The molecule has 0 heterocycles. The molecule has 0 bridgehead atoms. The summed E-state index contributed by atoms with van der Waals surface area (Å²) in [4.78, 5) is 12.1. The van der Waals surface area contributed by atoms with Gasteiger partial charge >= 0.3 is 6.61 Å². The van der Waals surface area contributed by atoms with Gasteiger partial charge in [-0.25, -0.2) is 0 Å². The van der Waals surface area contributed by atoms with Crippen LogP contribution in [0.5, 0.6) is 5.75 Å². The second kappa shape index (κ2) is 7.73. The van der Waals surface area contributed by atoms with Crippen LogP contribution in [0, 0.1) is 3.57 Å². The summed E-state index contributed by atoms with van der Waals surface area (Å²) in [6.45, 7) is -2.82. The number of amides is 1. The van der Waals surface area contributed by atoms with Crippen LogP contribution in [-0.2, 0) is 6.54 Å². The number of nitrogens with one attached hydrogen (secondary N) is 1. The third-order valence-corrected chi connectivity index (χ3v) is 3.93. The van der Waals surface area contributed by atoms with Gasteiger partial charge in [0.15, 0.2) is 0 Å². The van der Waals surface area contributed by atoms with Crippen molar-refractivity contribution in [2.75, 3.05) is 0 Å². The molecule has 0 saturated heterocycles. The van der Waals surface area contributed by atoms with Crippen LogP contribution >= 0.6 is 34.2 Å². The molecule has 2 aromatic rings. The lowest BCUT2D eigenvalue weighted by atomic mass is 10.1. The molecule has 22 heavy (non-hydrogen) atoms. The zero-order valence-corrected chi connectivity index (χ0v) is 14.1. The van der Waals surface area contributed by atoms with E-state index >= 15 is 0 Å². The van der Waals surface area contributed by atoms with Gasteiger partial charge < -0.3 is 10.1 Å². The molecule has 0 radical (unpaired) electrons. The zero-order chi connectivity index (χ0) is 16.1. The fourth-order valence-corrected chi connectivity index (χ4v) is 2.92. The van der Waals surface area contributed by atoms with Crippen molar-refractivity contribution in [3.8, 4) is 5.75 Å². The fourth-order valence-electron chi connectivity index (χ4n) is 1.81. The molecular formula is C15H11ClF2INO2. The van der Waals surface area contributed by atoms with Crippen molar-refractivity contribution in [2.24, 2.45) is 0 Å². The van der Waals surface area contributed by atoms with Gasteiger partial charge in [-0.2, -0.15) is 8.78 Å². The minimum absolute atomic E-state index is 0.0450. The van der Waals surface area contributed by atoms with Gasteiger partial charge in [-0.05, 0) is 46.9 Å². The van der Waals surface area contributed by atoms with Crippen LogP contribution < -0.4 is 10.1 Å². The maximum atomic E-state index is 12.3. The van der Waals surface area contributed by atoms with E-state index in [0.29, 0.717) is 19.7 Å². The Bertz CT molecular complexity index is 682. The van der Waals surface area contributed by atoms with Gasteiger partial charge in [0.1, 0.15) is 5.75 Å². The summed E-state index contributed by atoms with van der Waals surface area (Å²) in [7, 11) is 0. The summed E-state index contributed by atoms with van der Waals surface area (Å²) in [5, 5.41) is 3.22. The molecule has 0 aromatic heterocycles. The standard InChI is InChI=1S/C15H11ClF2INO2/c16-10-5-6-11(12(19)7-10)14(21)20-8-9-3-1-2-4-13(9)22-15(17)18/h1-7,15H,8H2,(H,20,21). The van der Waals surface area contributed by atoms with Gasteiger partial charge in [0.25, 0.3) is 5.91 Å². The summed E-state index contributed by atoms with van der Waals surface area (Å²) < 4.78 is 29.8. The smallest absolute Gasteiger partial charge is 0.387 e. The predicted octanol–water partition coefficient (Wildman–Crippen LogP) is 4.48. The van der Waals surface area contributed by atoms with E-state index in [2.05, 4.69) is 10.1 Å². The molecular weight excluding hydrogens is 427 g/mol. The van der Waals surface area contributed by atoms with E-state index in [4.69, 9.17) is 11.6 Å². The summed E-state index contributed by atoms with van der Waals surface area (Å²) in [6, 6.07) is 11.2. The topological polar surface area (TPSA) is 38.3 Å². The Balaban J connectivity index is 2.08. The lowest BCUT2D eigenvalue weighted by Crippen LogP contribution is -2.24. The van der Waals surface area contributed by atoms with Gasteiger partial charge in [0, 0.05) is 20.7 Å². The van der Waals surface area contributed by atoms with E-state index in [-0.39, 0.29) is 18.2 Å². The molecule has 1 amide bonds. The van der Waals surface area contributed by atoms with Gasteiger partial charge in [-0.3, -0.25) is 4.79 Å². The molecule has 0 fully saturated rings. The number of hydrogen-bond acceptors (Lipinski definition) is 2. The Kier molecular flexibility index (Phi) is 5.96. The summed E-state index contributed by atoms with van der Waals surface area (Å²) in [5.41, 5.74) is 0.942. The number of carbonyl (C=O) groups is 1. The number of ether oxygens (including phenoxy) is 1. The lowest BCUT2D eigenvalue weighted by molar-refractivity contribution is -0.0504. The minimum atomic E-state index is -2.91. The van der Waals surface area contributed by atoms with Gasteiger partial charge in [-0.1, -0.05) is 29.8 Å². The number of hydrogen-bond donors (Lipinski definition) is 1. The number of carbonyl (C=O) groups excluding carboxylic acids is 1. The Labute approximate surface area is 144 Å². The van der Waals surface area contributed by atoms with Crippen LogP contribution in [0.25, 0.3) is 0 Å². The highest BCUT2D eigenvalue weighted by atomic mass is 127. The van der Waals surface area contributed by atoms with Crippen LogP contribution in [-0.4, -0.2) is 12.5 Å². The SMILES string of the molecule is O=C(NCc1ccccc1OC(F)F)c1ccc(Cl)cc1I. The summed E-state index contributed by atoms with van der Waals surface area (Å²) in [5.74, 6) is -0.267. The van der Waals surface area contributed by atoms with Crippen molar-refractivity contribution < 1.29 is 18.3 Å². The first-order chi connectivity index (χ1) is 10.5. The van der Waals surface area contributed by atoms with Crippen molar-refractivity contribution in [2.45, 2.75) is 13.2 Å². The number of para-hydroxylation sites is 1. The molecule has 0 unspecified atom stereocenters. The first-order valence-corrected chi connectivity index (χ1v) is 7.69. The zero-order valence-electron chi connectivity index (χ0n) is 11.2. The highest BCUT2D eigenvalue weighted by molar-refractivity contribution is 14.1. The Hall–Kier alpha value is -1.41. The molecule has 0 atom stereocenters. The van der Waals surface area contributed by atoms with Crippen LogP contribution in [0.1, 0.15) is 15.9 Å². The second-order valence-corrected chi connectivity index (χ2v) is 5.89. The Morgan fingerprint density at radius 2 is 2.00 bits per heavy atom. The van der Waals surface area contributed by atoms with Crippen LogP contribution in [0.3, 0.4) is 0 Å². The van der Waals surface area contributed by atoms with E-state index in [1.165, 1.54) is 6.07 Å². The first kappa shape index (κ1) is 17.0. The predicted molar refractivity (Wildman–Crippen MR) is 88.4 cm³/mol. The highest BCUT2D eigenvalue weighted by Gasteiger charge is 2.13. The minimum Gasteiger partial charge on any atom is -0.434 e. The van der Waals surface area contributed by atoms with Crippen LogP contribution in [0.15, 0.2) is 42.5 Å². The number of halogens is 4.